The van der Waals surface area contributed by atoms with E-state index in [2.05, 4.69) is 58.0 Å². The summed E-state index contributed by atoms with van der Waals surface area (Å²) in [6.07, 6.45) is 1.26. The van der Waals surface area contributed by atoms with Crippen LogP contribution in [0.1, 0.15) is 27.7 Å². The maximum Gasteiger partial charge on any atom is 0.0854 e. The van der Waals surface area contributed by atoms with Crippen molar-refractivity contribution in [2.75, 3.05) is 19.3 Å². The minimum Gasteiger partial charge on any atom is -0.305 e. The Bertz CT molecular complexity index is 175. The van der Waals surface area contributed by atoms with Crippen molar-refractivity contribution in [1.82, 2.24) is 4.90 Å². The molecule has 0 aliphatic rings. The molecule has 0 saturated heterocycles. The third-order valence-electron chi connectivity index (χ3n) is 2.43. The molecule has 0 N–H and O–H groups in total. The van der Waals surface area contributed by atoms with Crippen molar-refractivity contribution in [3.05, 3.63) is 12.3 Å². The molecule has 0 unspecified atom stereocenters. The maximum atomic E-state index is 3.98. The summed E-state index contributed by atoms with van der Waals surface area (Å²) in [6, 6.07) is 0. The summed E-state index contributed by atoms with van der Waals surface area (Å²) in [5.41, 5.74) is 2.21. The van der Waals surface area contributed by atoms with Gasteiger partial charge in [0, 0.05) is 13.1 Å². The molecule has 0 heterocycles. The van der Waals surface area contributed by atoms with Gasteiger partial charge in [-0.2, -0.15) is 0 Å². The van der Waals surface area contributed by atoms with Gasteiger partial charge in [0.15, 0.2) is 0 Å². The molecule has 1 nitrogen and oxygen atoms in total. The SMILES string of the molecule is C=C[Si](C)(C)CN(CC(C)C)CC(C)C. The Hall–Kier alpha value is -0.0831. The fraction of sp³-hybridized carbons (Fsp3) is 0.846. The second kappa shape index (κ2) is 6.49. The van der Waals surface area contributed by atoms with Crippen molar-refractivity contribution in [1.29, 1.82) is 0 Å². The van der Waals surface area contributed by atoms with Gasteiger partial charge in [0.2, 0.25) is 0 Å². The van der Waals surface area contributed by atoms with Crippen LogP contribution in [-0.4, -0.2) is 32.2 Å². The lowest BCUT2D eigenvalue weighted by atomic mass is 10.1. The zero-order valence-corrected chi connectivity index (χ0v) is 12.5. The molecule has 0 saturated carbocycles. The second-order valence-electron chi connectivity index (χ2n) is 6.17. The molecule has 0 aromatic carbocycles. The number of hydrogen-bond donors (Lipinski definition) is 0. The summed E-state index contributed by atoms with van der Waals surface area (Å²) >= 11 is 0. The molecule has 0 fully saturated rings. The molecular weight excluding hydrogens is 198 g/mol. The molecule has 15 heavy (non-hydrogen) atoms. The number of hydrogen-bond acceptors (Lipinski definition) is 1. The third-order valence-corrected chi connectivity index (χ3v) is 4.80. The van der Waals surface area contributed by atoms with E-state index in [0.717, 1.165) is 11.8 Å². The van der Waals surface area contributed by atoms with Crippen molar-refractivity contribution in [2.45, 2.75) is 40.8 Å². The van der Waals surface area contributed by atoms with Gasteiger partial charge in [0.1, 0.15) is 0 Å². The average molecular weight is 227 g/mol. The van der Waals surface area contributed by atoms with Crippen LogP contribution in [0, 0.1) is 11.8 Å². The molecule has 0 aromatic rings. The van der Waals surface area contributed by atoms with E-state index < -0.39 is 8.07 Å². The molecule has 0 atom stereocenters. The topological polar surface area (TPSA) is 3.24 Å². The minimum atomic E-state index is -1.18. The van der Waals surface area contributed by atoms with Crippen molar-refractivity contribution in [2.24, 2.45) is 11.8 Å². The minimum absolute atomic E-state index is 0.762. The fourth-order valence-corrected chi connectivity index (χ4v) is 3.42. The summed E-state index contributed by atoms with van der Waals surface area (Å²) in [7, 11) is -1.18. The van der Waals surface area contributed by atoms with Crippen LogP contribution in [0.3, 0.4) is 0 Å². The molecule has 2 heteroatoms. The van der Waals surface area contributed by atoms with Gasteiger partial charge in [-0.25, -0.2) is 0 Å². The van der Waals surface area contributed by atoms with Gasteiger partial charge in [-0.05, 0) is 18.0 Å². The monoisotopic (exact) mass is 227 g/mol. The summed E-state index contributed by atoms with van der Waals surface area (Å²) in [5.74, 6) is 1.52. The fourth-order valence-electron chi connectivity index (χ4n) is 1.88. The van der Waals surface area contributed by atoms with E-state index in [-0.39, 0.29) is 0 Å². The molecular formula is C13H29NSi. The smallest absolute Gasteiger partial charge is 0.0854 e. The molecule has 0 spiro atoms. The molecule has 0 amide bonds. The predicted molar refractivity (Wildman–Crippen MR) is 73.8 cm³/mol. The summed E-state index contributed by atoms with van der Waals surface area (Å²) < 4.78 is 0. The van der Waals surface area contributed by atoms with Crippen LogP contribution in [0.15, 0.2) is 12.3 Å². The van der Waals surface area contributed by atoms with E-state index in [0.29, 0.717) is 0 Å². The zero-order valence-electron chi connectivity index (χ0n) is 11.5. The quantitative estimate of drug-likeness (QED) is 0.601. The number of rotatable bonds is 7. The Kier molecular flexibility index (Phi) is 6.45. The predicted octanol–water partition coefficient (Wildman–Crippen LogP) is 3.57. The molecule has 0 aromatic heterocycles. The zero-order chi connectivity index (χ0) is 12.1. The second-order valence-corrected chi connectivity index (χ2v) is 10.9. The molecule has 0 aliphatic carbocycles. The van der Waals surface area contributed by atoms with Crippen molar-refractivity contribution < 1.29 is 0 Å². The highest BCUT2D eigenvalue weighted by Gasteiger charge is 2.21. The highest BCUT2D eigenvalue weighted by Crippen LogP contribution is 2.10. The van der Waals surface area contributed by atoms with Crippen LogP contribution in [-0.2, 0) is 0 Å². The first kappa shape index (κ1) is 14.9. The van der Waals surface area contributed by atoms with Gasteiger partial charge in [-0.3, -0.25) is 0 Å². The van der Waals surface area contributed by atoms with Crippen LogP contribution < -0.4 is 0 Å². The van der Waals surface area contributed by atoms with E-state index in [1.807, 2.05) is 0 Å². The Labute approximate surface area is 97.6 Å². The Morgan fingerprint density at radius 1 is 1.07 bits per heavy atom. The lowest BCUT2D eigenvalue weighted by molar-refractivity contribution is 0.249. The van der Waals surface area contributed by atoms with Crippen LogP contribution >= 0.6 is 0 Å². The van der Waals surface area contributed by atoms with Crippen LogP contribution in [0.2, 0.25) is 13.1 Å². The Morgan fingerprint density at radius 3 is 1.73 bits per heavy atom. The van der Waals surface area contributed by atoms with E-state index in [9.17, 15) is 0 Å². The van der Waals surface area contributed by atoms with Crippen molar-refractivity contribution in [3.63, 3.8) is 0 Å². The normalized spacial score (nSPS) is 12.9. The molecule has 0 rings (SSSR count). The third kappa shape index (κ3) is 7.80. The molecule has 0 bridgehead atoms. The summed E-state index contributed by atoms with van der Waals surface area (Å²) in [5, 5.41) is 0. The average Bonchev–Trinajstić information content (AvgIpc) is 2.00. The first-order valence-corrected chi connectivity index (χ1v) is 9.41. The lowest BCUT2D eigenvalue weighted by Crippen LogP contribution is -2.44. The van der Waals surface area contributed by atoms with Crippen LogP contribution in [0.25, 0.3) is 0 Å². The highest BCUT2D eigenvalue weighted by atomic mass is 28.3. The van der Waals surface area contributed by atoms with Gasteiger partial charge in [0.05, 0.1) is 8.07 Å². The standard InChI is InChI=1S/C13H29NSi/c1-8-15(6,7)11-14(9-12(2)3)10-13(4)5/h8,12-13H,1,9-11H2,2-7H3. The number of nitrogens with zero attached hydrogens (tertiary/aromatic N) is 1. The summed E-state index contributed by atoms with van der Waals surface area (Å²) in [6.45, 7) is 20.4. The maximum absolute atomic E-state index is 3.98. The van der Waals surface area contributed by atoms with E-state index in [1.165, 1.54) is 19.3 Å². The Balaban J connectivity index is 4.29. The highest BCUT2D eigenvalue weighted by molar-refractivity contribution is 6.82. The van der Waals surface area contributed by atoms with Gasteiger partial charge < -0.3 is 4.90 Å². The first-order chi connectivity index (χ1) is 6.76. The van der Waals surface area contributed by atoms with Gasteiger partial charge >= 0.3 is 0 Å². The first-order valence-electron chi connectivity index (χ1n) is 6.13. The van der Waals surface area contributed by atoms with Gasteiger partial charge in [0.25, 0.3) is 0 Å². The largest absolute Gasteiger partial charge is 0.305 e. The van der Waals surface area contributed by atoms with E-state index in [4.69, 9.17) is 0 Å². The lowest BCUT2D eigenvalue weighted by Gasteiger charge is -2.31. The van der Waals surface area contributed by atoms with E-state index >= 15 is 0 Å². The van der Waals surface area contributed by atoms with E-state index in [1.54, 1.807) is 0 Å². The molecule has 90 valence electrons. The van der Waals surface area contributed by atoms with Crippen molar-refractivity contribution >= 4 is 8.07 Å². The van der Waals surface area contributed by atoms with Crippen LogP contribution in [0.4, 0.5) is 0 Å². The summed E-state index contributed by atoms with van der Waals surface area (Å²) in [4.78, 5) is 2.63. The Morgan fingerprint density at radius 2 is 1.47 bits per heavy atom. The van der Waals surface area contributed by atoms with Gasteiger partial charge in [-0.1, -0.05) is 40.8 Å². The van der Waals surface area contributed by atoms with Crippen molar-refractivity contribution in [3.8, 4) is 0 Å². The molecule has 0 radical (unpaired) electrons. The van der Waals surface area contributed by atoms with Crippen LogP contribution in [0.5, 0.6) is 0 Å². The molecule has 0 aliphatic heterocycles. The van der Waals surface area contributed by atoms with Gasteiger partial charge in [-0.15, -0.1) is 12.3 Å².